The highest BCUT2D eigenvalue weighted by Gasteiger charge is 1.97. The first kappa shape index (κ1) is 11.7. The molecule has 0 aliphatic carbocycles. The van der Waals surface area contributed by atoms with Crippen molar-refractivity contribution in [1.82, 2.24) is 0 Å². The van der Waals surface area contributed by atoms with Crippen LogP contribution in [-0.2, 0) is 4.74 Å². The van der Waals surface area contributed by atoms with Gasteiger partial charge in [-0.15, -0.1) is 0 Å². The zero-order chi connectivity index (χ0) is 10.9. The monoisotopic (exact) mass is 206 g/mol. The molecule has 1 aromatic carbocycles. The fourth-order valence-electron chi connectivity index (χ4n) is 0.989. The van der Waals surface area contributed by atoms with Crippen molar-refractivity contribution in [1.29, 1.82) is 0 Å². The van der Waals surface area contributed by atoms with Crippen LogP contribution in [0, 0.1) is 11.8 Å². The fraction of sp³-hybridized carbons (Fsp3) is 0.333. The molecular formula is C12H14O3. The Morgan fingerprint density at radius 2 is 2.00 bits per heavy atom. The van der Waals surface area contributed by atoms with Gasteiger partial charge in [0.1, 0.15) is 6.10 Å². The predicted molar refractivity (Wildman–Crippen MR) is 57.2 cm³/mol. The summed E-state index contributed by atoms with van der Waals surface area (Å²) < 4.78 is 4.93. The first-order valence-corrected chi connectivity index (χ1v) is 4.76. The molecule has 0 spiro atoms. The predicted octanol–water partition coefficient (Wildman–Crippen LogP) is 0.408. The number of rotatable bonds is 4. The van der Waals surface area contributed by atoms with E-state index in [4.69, 9.17) is 9.84 Å². The lowest BCUT2D eigenvalue weighted by molar-refractivity contribution is 0.0433. The average Bonchev–Trinajstić information content (AvgIpc) is 2.28. The topological polar surface area (TPSA) is 49.7 Å². The van der Waals surface area contributed by atoms with Gasteiger partial charge in [0, 0.05) is 5.56 Å². The molecule has 0 aromatic heterocycles. The number of aliphatic hydroxyl groups is 2. The standard InChI is InChI=1S/C12H14O3/c13-8-9-15-10-12(14)7-6-11-4-2-1-3-5-11/h1-5,12-14H,8-10H2. The van der Waals surface area contributed by atoms with E-state index in [-0.39, 0.29) is 19.8 Å². The van der Waals surface area contributed by atoms with Gasteiger partial charge in [-0.05, 0) is 12.1 Å². The minimum atomic E-state index is -0.809. The summed E-state index contributed by atoms with van der Waals surface area (Å²) >= 11 is 0. The van der Waals surface area contributed by atoms with Gasteiger partial charge >= 0.3 is 0 Å². The van der Waals surface area contributed by atoms with E-state index in [1.165, 1.54) is 0 Å². The van der Waals surface area contributed by atoms with Crippen LogP contribution in [0.1, 0.15) is 5.56 Å². The van der Waals surface area contributed by atoms with Crippen LogP contribution in [0.2, 0.25) is 0 Å². The Kier molecular flexibility index (Phi) is 5.49. The Morgan fingerprint density at radius 1 is 1.27 bits per heavy atom. The number of aliphatic hydroxyl groups excluding tert-OH is 2. The van der Waals surface area contributed by atoms with Gasteiger partial charge in [0.25, 0.3) is 0 Å². The molecule has 1 unspecified atom stereocenters. The SMILES string of the molecule is OCCOCC(O)C#Cc1ccccc1. The normalized spacial score (nSPS) is 11.6. The smallest absolute Gasteiger partial charge is 0.138 e. The maximum absolute atomic E-state index is 9.36. The van der Waals surface area contributed by atoms with Crippen LogP contribution in [-0.4, -0.2) is 36.1 Å². The van der Waals surface area contributed by atoms with Crippen LogP contribution in [0.25, 0.3) is 0 Å². The number of hydrogen-bond acceptors (Lipinski definition) is 3. The lowest BCUT2D eigenvalue weighted by atomic mass is 10.2. The van der Waals surface area contributed by atoms with Crippen molar-refractivity contribution in [2.24, 2.45) is 0 Å². The molecule has 0 aliphatic rings. The fourth-order valence-corrected chi connectivity index (χ4v) is 0.989. The number of ether oxygens (including phenoxy) is 1. The summed E-state index contributed by atoms with van der Waals surface area (Å²) in [6.07, 6.45) is -0.809. The van der Waals surface area contributed by atoms with Crippen LogP contribution < -0.4 is 0 Å². The largest absolute Gasteiger partial charge is 0.394 e. The molecule has 0 amide bonds. The minimum Gasteiger partial charge on any atom is -0.394 e. The summed E-state index contributed by atoms with van der Waals surface area (Å²) in [7, 11) is 0. The average molecular weight is 206 g/mol. The van der Waals surface area contributed by atoms with Crippen LogP contribution in [0.5, 0.6) is 0 Å². The Bertz CT molecular complexity index is 324. The highest BCUT2D eigenvalue weighted by molar-refractivity contribution is 5.34. The van der Waals surface area contributed by atoms with Crippen LogP contribution in [0.15, 0.2) is 30.3 Å². The van der Waals surface area contributed by atoms with E-state index in [9.17, 15) is 5.11 Å². The summed E-state index contributed by atoms with van der Waals surface area (Å²) in [5.74, 6) is 5.49. The Morgan fingerprint density at radius 3 is 2.67 bits per heavy atom. The van der Waals surface area contributed by atoms with Gasteiger partial charge in [-0.3, -0.25) is 0 Å². The van der Waals surface area contributed by atoms with E-state index in [1.54, 1.807) is 0 Å². The zero-order valence-corrected chi connectivity index (χ0v) is 8.39. The molecule has 0 saturated heterocycles. The molecular weight excluding hydrogens is 192 g/mol. The number of hydrogen-bond donors (Lipinski definition) is 2. The summed E-state index contributed by atoms with van der Waals surface area (Å²) in [5.41, 5.74) is 0.860. The summed E-state index contributed by atoms with van der Waals surface area (Å²) in [4.78, 5) is 0. The summed E-state index contributed by atoms with van der Waals surface area (Å²) in [6, 6.07) is 9.42. The van der Waals surface area contributed by atoms with Gasteiger partial charge in [-0.1, -0.05) is 30.0 Å². The molecule has 1 atom stereocenters. The van der Waals surface area contributed by atoms with Crippen LogP contribution >= 0.6 is 0 Å². The third-order valence-electron chi connectivity index (χ3n) is 1.67. The van der Waals surface area contributed by atoms with E-state index in [0.717, 1.165) is 5.56 Å². The first-order chi connectivity index (χ1) is 7.33. The van der Waals surface area contributed by atoms with Crippen molar-refractivity contribution in [3.05, 3.63) is 35.9 Å². The second kappa shape index (κ2) is 7.02. The quantitative estimate of drug-likeness (QED) is 0.554. The Labute approximate surface area is 89.3 Å². The molecule has 2 N–H and O–H groups in total. The van der Waals surface area contributed by atoms with Crippen molar-refractivity contribution < 1.29 is 14.9 Å². The lowest BCUT2D eigenvalue weighted by Crippen LogP contribution is -2.14. The highest BCUT2D eigenvalue weighted by atomic mass is 16.5. The highest BCUT2D eigenvalue weighted by Crippen LogP contribution is 1.95. The second-order valence-electron chi connectivity index (χ2n) is 2.95. The maximum Gasteiger partial charge on any atom is 0.138 e. The van der Waals surface area contributed by atoms with E-state index in [0.29, 0.717) is 0 Å². The third kappa shape index (κ3) is 5.18. The van der Waals surface area contributed by atoms with Gasteiger partial charge in [0.15, 0.2) is 0 Å². The molecule has 15 heavy (non-hydrogen) atoms. The molecule has 1 rings (SSSR count). The molecule has 0 saturated carbocycles. The molecule has 1 aromatic rings. The Hall–Kier alpha value is -1.34. The van der Waals surface area contributed by atoms with Crippen molar-refractivity contribution in [3.8, 4) is 11.8 Å². The van der Waals surface area contributed by atoms with E-state index < -0.39 is 6.10 Å². The van der Waals surface area contributed by atoms with Crippen molar-refractivity contribution in [3.63, 3.8) is 0 Å². The van der Waals surface area contributed by atoms with Gasteiger partial charge in [-0.2, -0.15) is 0 Å². The number of benzene rings is 1. The molecule has 0 fully saturated rings. The van der Waals surface area contributed by atoms with Gasteiger partial charge in [0.05, 0.1) is 19.8 Å². The summed E-state index contributed by atoms with van der Waals surface area (Å²) in [5, 5.41) is 17.8. The van der Waals surface area contributed by atoms with Crippen LogP contribution in [0.3, 0.4) is 0 Å². The van der Waals surface area contributed by atoms with Gasteiger partial charge in [-0.25, -0.2) is 0 Å². The lowest BCUT2D eigenvalue weighted by Gasteiger charge is -2.02. The first-order valence-electron chi connectivity index (χ1n) is 4.76. The minimum absolute atomic E-state index is 0.0428. The van der Waals surface area contributed by atoms with E-state index in [2.05, 4.69) is 11.8 Å². The molecule has 80 valence electrons. The van der Waals surface area contributed by atoms with Gasteiger partial charge in [0.2, 0.25) is 0 Å². The molecule has 0 radical (unpaired) electrons. The summed E-state index contributed by atoms with van der Waals surface area (Å²) in [6.45, 7) is 0.309. The van der Waals surface area contributed by atoms with E-state index >= 15 is 0 Å². The molecule has 3 heteroatoms. The second-order valence-corrected chi connectivity index (χ2v) is 2.95. The van der Waals surface area contributed by atoms with Crippen LogP contribution in [0.4, 0.5) is 0 Å². The Balaban J connectivity index is 2.37. The molecule has 3 nitrogen and oxygen atoms in total. The zero-order valence-electron chi connectivity index (χ0n) is 8.39. The van der Waals surface area contributed by atoms with Crippen molar-refractivity contribution in [2.75, 3.05) is 19.8 Å². The molecule has 0 bridgehead atoms. The van der Waals surface area contributed by atoms with Crippen molar-refractivity contribution >= 4 is 0 Å². The van der Waals surface area contributed by atoms with Crippen molar-refractivity contribution in [2.45, 2.75) is 6.10 Å². The van der Waals surface area contributed by atoms with Gasteiger partial charge < -0.3 is 14.9 Å². The molecule has 0 aliphatic heterocycles. The van der Waals surface area contributed by atoms with E-state index in [1.807, 2.05) is 30.3 Å². The maximum atomic E-state index is 9.36. The third-order valence-corrected chi connectivity index (χ3v) is 1.67. The molecule has 0 heterocycles.